The number of aliphatic hydroxyl groups excluding tert-OH is 1. The predicted molar refractivity (Wildman–Crippen MR) is 273 cm³/mol. The molecule has 10 rings (SSSR count). The van der Waals surface area contributed by atoms with Crippen molar-refractivity contribution in [2.24, 2.45) is 0 Å². The minimum Gasteiger partial charge on any atom is -0.507 e. The molecule has 0 aliphatic heterocycles. The van der Waals surface area contributed by atoms with Crippen LogP contribution in [0.15, 0.2) is 237 Å². The number of fused-ring (bicyclic) bond motifs is 6. The summed E-state index contributed by atoms with van der Waals surface area (Å²) in [4.78, 5) is 0. The first-order valence-electron chi connectivity index (χ1n) is 22.1. The lowest BCUT2D eigenvalue weighted by Crippen LogP contribution is -2.35. The normalized spacial score (nSPS) is 13.0. The van der Waals surface area contributed by atoms with Gasteiger partial charge in [-0.05, 0) is 113 Å². The lowest BCUT2D eigenvalue weighted by Gasteiger charge is -2.38. The molecule has 1 unspecified atom stereocenters. The zero-order valence-corrected chi connectivity index (χ0v) is 36.3. The summed E-state index contributed by atoms with van der Waals surface area (Å²) in [6.07, 6.45) is 7.11. The molecule has 0 spiro atoms. The van der Waals surface area contributed by atoms with E-state index in [1.54, 1.807) is 6.08 Å². The maximum atomic E-state index is 11.7. The molecule has 10 aromatic rings. The highest BCUT2D eigenvalue weighted by molar-refractivity contribution is 6.14. The van der Waals surface area contributed by atoms with Crippen LogP contribution in [0.25, 0.3) is 93.8 Å². The first-order valence-corrected chi connectivity index (χ1v) is 22.1. The molecule has 0 saturated heterocycles. The number of hydrogen-bond donors (Lipinski definition) is 1. The van der Waals surface area contributed by atoms with Gasteiger partial charge in [-0.25, -0.2) is 0 Å². The van der Waals surface area contributed by atoms with Crippen molar-refractivity contribution in [3.05, 3.63) is 237 Å². The second kappa shape index (κ2) is 17.1. The van der Waals surface area contributed by atoms with E-state index in [1.807, 2.05) is 30.3 Å². The van der Waals surface area contributed by atoms with Gasteiger partial charge in [-0.15, -0.1) is 0 Å². The van der Waals surface area contributed by atoms with E-state index in [0.717, 1.165) is 88.1 Å². The molecule has 4 heteroatoms. The SMILES string of the molecule is C=C/C=C\CCC(C)(/C(=C(/C#N)C(=C)O)n1c2ccc(-c3ccccc3)cc2c2cc(-c3ccccc3)ccc21)n1c2ccc(-c3ccccc3)cc2c2cc(-c3ccccc3)ccc21. The van der Waals surface area contributed by atoms with Gasteiger partial charge in [0.1, 0.15) is 17.4 Å². The van der Waals surface area contributed by atoms with Crippen LogP contribution >= 0.6 is 0 Å². The standard InChI is InChI=1S/C61H47N3O/c1-4-5-6-19-36-61(3,64-58-34-30-49(45-24-15-9-16-25-45)39-53(58)54-40-50(31-35-59(54)64)46-26-17-10-18-27-46)60(55(41-62)42(2)65)63-56-32-28-47(43-20-11-7-12-21-43)37-51(56)52-38-48(29-33-57(52)63)44-22-13-8-14-23-44/h4-18,20-35,37-40,65H,1-2,19,36H2,3H3/b6-5-,60-55+. The molecule has 0 radical (unpaired) electrons. The van der Waals surface area contributed by atoms with Gasteiger partial charge in [0.25, 0.3) is 0 Å². The Labute approximate surface area is 379 Å². The van der Waals surface area contributed by atoms with Crippen LogP contribution in [0, 0.1) is 11.3 Å². The maximum absolute atomic E-state index is 11.7. The van der Waals surface area contributed by atoms with Crippen LogP contribution in [0.1, 0.15) is 19.8 Å². The molecule has 65 heavy (non-hydrogen) atoms. The van der Waals surface area contributed by atoms with E-state index in [4.69, 9.17) is 0 Å². The third-order valence-corrected chi connectivity index (χ3v) is 12.9. The van der Waals surface area contributed by atoms with Gasteiger partial charge in [0.2, 0.25) is 0 Å². The number of rotatable bonds is 12. The Kier molecular flexibility index (Phi) is 10.7. The Morgan fingerprint density at radius 2 is 0.892 bits per heavy atom. The Bertz CT molecular complexity index is 3340. The minimum absolute atomic E-state index is 0.120. The molecule has 0 aliphatic rings. The van der Waals surface area contributed by atoms with E-state index in [1.165, 1.54) is 0 Å². The molecule has 1 N–H and O–H groups in total. The van der Waals surface area contributed by atoms with E-state index in [9.17, 15) is 10.4 Å². The monoisotopic (exact) mass is 837 g/mol. The van der Waals surface area contributed by atoms with Gasteiger partial charge in [-0.2, -0.15) is 5.26 Å². The molecule has 0 fully saturated rings. The van der Waals surface area contributed by atoms with Crippen LogP contribution in [0.5, 0.6) is 0 Å². The van der Waals surface area contributed by atoms with Crippen LogP contribution in [-0.2, 0) is 5.54 Å². The van der Waals surface area contributed by atoms with Gasteiger partial charge in [0, 0.05) is 32.6 Å². The Hall–Kier alpha value is -8.39. The molecule has 2 aromatic heterocycles. The van der Waals surface area contributed by atoms with E-state index >= 15 is 0 Å². The van der Waals surface area contributed by atoms with Crippen molar-refractivity contribution in [2.75, 3.05) is 0 Å². The van der Waals surface area contributed by atoms with E-state index in [0.29, 0.717) is 18.5 Å². The molecule has 2 heterocycles. The molecule has 0 bridgehead atoms. The lowest BCUT2D eigenvalue weighted by atomic mass is 9.86. The number of aromatic nitrogens is 2. The summed E-state index contributed by atoms with van der Waals surface area (Å²) in [7, 11) is 0. The summed E-state index contributed by atoms with van der Waals surface area (Å²) >= 11 is 0. The summed E-state index contributed by atoms with van der Waals surface area (Å²) in [5.74, 6) is -0.286. The number of aliphatic hydroxyl groups is 1. The fraction of sp³-hybridized carbons (Fsp3) is 0.0656. The second-order valence-electron chi connectivity index (χ2n) is 16.8. The second-order valence-corrected chi connectivity index (χ2v) is 16.8. The van der Waals surface area contributed by atoms with Crippen LogP contribution in [0.3, 0.4) is 0 Å². The maximum Gasteiger partial charge on any atom is 0.128 e. The predicted octanol–water partition coefficient (Wildman–Crippen LogP) is 16.3. The third-order valence-electron chi connectivity index (χ3n) is 12.9. The van der Waals surface area contributed by atoms with Crippen molar-refractivity contribution in [2.45, 2.75) is 25.3 Å². The first-order chi connectivity index (χ1) is 31.9. The molecular formula is C61H47N3O. The van der Waals surface area contributed by atoms with Crippen LogP contribution < -0.4 is 0 Å². The summed E-state index contributed by atoms with van der Waals surface area (Å²) in [6, 6.07) is 70.9. The van der Waals surface area contributed by atoms with Crippen molar-refractivity contribution in [3.63, 3.8) is 0 Å². The van der Waals surface area contributed by atoms with Gasteiger partial charge >= 0.3 is 0 Å². The van der Waals surface area contributed by atoms with E-state index < -0.39 is 5.54 Å². The summed E-state index contributed by atoms with van der Waals surface area (Å²) < 4.78 is 4.63. The number of nitrogens with zero attached hydrogens (tertiary/aromatic N) is 3. The zero-order valence-electron chi connectivity index (χ0n) is 36.3. The fourth-order valence-electron chi connectivity index (χ4n) is 9.83. The van der Waals surface area contributed by atoms with Crippen LogP contribution in [0.4, 0.5) is 0 Å². The topological polar surface area (TPSA) is 53.9 Å². The average molecular weight is 838 g/mol. The summed E-state index contributed by atoms with van der Waals surface area (Å²) in [6.45, 7) is 10.3. The highest BCUT2D eigenvalue weighted by Crippen LogP contribution is 2.49. The molecule has 4 nitrogen and oxygen atoms in total. The van der Waals surface area contributed by atoms with Gasteiger partial charge in [0.15, 0.2) is 0 Å². The Morgan fingerprint density at radius 1 is 0.538 bits per heavy atom. The highest BCUT2D eigenvalue weighted by atomic mass is 16.3. The molecule has 0 saturated carbocycles. The first kappa shape index (κ1) is 40.7. The van der Waals surface area contributed by atoms with Gasteiger partial charge in [0.05, 0.1) is 22.3 Å². The molecule has 312 valence electrons. The van der Waals surface area contributed by atoms with Gasteiger partial charge in [-0.3, -0.25) is 0 Å². The van der Waals surface area contributed by atoms with E-state index in [2.05, 4.69) is 211 Å². The van der Waals surface area contributed by atoms with Crippen molar-refractivity contribution in [1.29, 1.82) is 5.26 Å². The van der Waals surface area contributed by atoms with Crippen molar-refractivity contribution >= 4 is 49.3 Å². The number of benzene rings is 8. The fourth-order valence-corrected chi connectivity index (χ4v) is 9.83. The van der Waals surface area contributed by atoms with Crippen molar-refractivity contribution in [3.8, 4) is 50.6 Å². The van der Waals surface area contributed by atoms with E-state index in [-0.39, 0.29) is 11.3 Å². The van der Waals surface area contributed by atoms with Gasteiger partial charge < -0.3 is 14.2 Å². The largest absolute Gasteiger partial charge is 0.507 e. The molecule has 0 amide bonds. The van der Waals surface area contributed by atoms with Crippen LogP contribution in [0.2, 0.25) is 0 Å². The smallest absolute Gasteiger partial charge is 0.128 e. The summed E-state index contributed by atoms with van der Waals surface area (Å²) in [5.41, 5.74) is 12.5. The number of allylic oxidation sites excluding steroid dienone is 5. The Balaban J connectivity index is 1.33. The minimum atomic E-state index is -0.972. The summed E-state index contributed by atoms with van der Waals surface area (Å²) in [5, 5.41) is 27.3. The molecular weight excluding hydrogens is 791 g/mol. The number of hydrogen-bond acceptors (Lipinski definition) is 2. The lowest BCUT2D eigenvalue weighted by molar-refractivity contribution is 0.397. The molecule has 8 aromatic carbocycles. The Morgan fingerprint density at radius 3 is 1.23 bits per heavy atom. The molecule has 0 aliphatic carbocycles. The number of nitriles is 1. The van der Waals surface area contributed by atoms with Crippen molar-refractivity contribution in [1.82, 2.24) is 9.13 Å². The highest BCUT2D eigenvalue weighted by Gasteiger charge is 2.39. The zero-order chi connectivity index (χ0) is 44.5. The third kappa shape index (κ3) is 7.24. The van der Waals surface area contributed by atoms with Crippen molar-refractivity contribution < 1.29 is 5.11 Å². The quantitative estimate of drug-likeness (QED) is 0.0757. The average Bonchev–Trinajstić information content (AvgIpc) is 3.86. The van der Waals surface area contributed by atoms with Crippen LogP contribution in [-0.4, -0.2) is 14.2 Å². The molecule has 1 atom stereocenters. The van der Waals surface area contributed by atoms with Gasteiger partial charge in [-0.1, -0.05) is 177 Å².